The Labute approximate surface area is 241 Å². The maximum absolute atomic E-state index is 12.7. The Hall–Kier alpha value is -1.77. The second-order valence-corrected chi connectivity index (χ2v) is 11.4. The zero-order valence-corrected chi connectivity index (χ0v) is 25.2. The van der Waals surface area contributed by atoms with Crippen molar-refractivity contribution in [3.05, 3.63) is 42.0 Å². The second kappa shape index (κ2) is 18.6. The Morgan fingerprint density at radius 2 is 1.55 bits per heavy atom. The maximum atomic E-state index is 12.7. The number of hydrogen-bond acceptors (Lipinski definition) is 7. The quantitative estimate of drug-likeness (QED) is 0.179. The van der Waals surface area contributed by atoms with Crippen LogP contribution in [0.5, 0.6) is 5.75 Å². The summed E-state index contributed by atoms with van der Waals surface area (Å²) in [6.07, 6.45) is 13.0. The molecule has 40 heavy (non-hydrogen) atoms. The van der Waals surface area contributed by atoms with E-state index in [1.165, 1.54) is 0 Å². The Balaban J connectivity index is 1.38. The summed E-state index contributed by atoms with van der Waals surface area (Å²) >= 11 is 0. The molecule has 0 aromatic heterocycles. The minimum absolute atomic E-state index is 0.0131. The van der Waals surface area contributed by atoms with Gasteiger partial charge in [0, 0.05) is 26.1 Å². The molecule has 1 aromatic carbocycles. The average Bonchev–Trinajstić information content (AvgIpc) is 2.98. The van der Waals surface area contributed by atoms with Gasteiger partial charge >= 0.3 is 0 Å². The smallest absolute Gasteiger partial charge is 0.158 e. The van der Waals surface area contributed by atoms with Crippen molar-refractivity contribution in [2.45, 2.75) is 116 Å². The summed E-state index contributed by atoms with van der Waals surface area (Å²) in [5, 5.41) is 0. The fraction of sp³-hybridized carbons (Fsp3) is 0.727. The zero-order chi connectivity index (χ0) is 28.6. The SMILES string of the molecule is COc1ccc(COC[C@@H](OC2CCCCO2)[C@@H](C)CCC(=O)CC[C@H](C)/C=C/[C@@H](C)OC2CCCCO2)cc1. The van der Waals surface area contributed by atoms with Crippen LogP contribution in [-0.4, -0.2) is 57.5 Å². The molecule has 2 unspecified atom stereocenters. The van der Waals surface area contributed by atoms with Crippen LogP contribution in [0.1, 0.15) is 90.5 Å². The number of ketones is 1. The van der Waals surface area contributed by atoms with Crippen LogP contribution in [0.2, 0.25) is 0 Å². The molecule has 226 valence electrons. The van der Waals surface area contributed by atoms with E-state index in [4.69, 9.17) is 28.4 Å². The van der Waals surface area contributed by atoms with E-state index in [1.54, 1.807) is 7.11 Å². The Bertz CT molecular complexity index is 843. The van der Waals surface area contributed by atoms with Gasteiger partial charge in [0.1, 0.15) is 11.5 Å². The van der Waals surface area contributed by atoms with E-state index in [1.807, 2.05) is 31.2 Å². The summed E-state index contributed by atoms with van der Waals surface area (Å²) in [4.78, 5) is 12.7. The number of allylic oxidation sites excluding steroid dienone is 1. The van der Waals surface area contributed by atoms with Gasteiger partial charge in [0.05, 0.1) is 32.5 Å². The highest BCUT2D eigenvalue weighted by molar-refractivity contribution is 5.78. The van der Waals surface area contributed by atoms with Crippen molar-refractivity contribution in [1.29, 1.82) is 0 Å². The van der Waals surface area contributed by atoms with Gasteiger partial charge in [-0.25, -0.2) is 0 Å². The van der Waals surface area contributed by atoms with Crippen molar-refractivity contribution < 1.29 is 33.2 Å². The highest BCUT2D eigenvalue weighted by atomic mass is 16.7. The molecule has 6 atom stereocenters. The van der Waals surface area contributed by atoms with Gasteiger partial charge in [-0.15, -0.1) is 0 Å². The second-order valence-electron chi connectivity index (χ2n) is 11.4. The van der Waals surface area contributed by atoms with Gasteiger partial charge in [0.25, 0.3) is 0 Å². The lowest BCUT2D eigenvalue weighted by Crippen LogP contribution is -2.35. The summed E-state index contributed by atoms with van der Waals surface area (Å²) in [6, 6.07) is 7.90. The van der Waals surface area contributed by atoms with Crippen LogP contribution < -0.4 is 4.74 Å². The topological polar surface area (TPSA) is 72.5 Å². The van der Waals surface area contributed by atoms with Crippen molar-refractivity contribution >= 4 is 5.78 Å². The summed E-state index contributed by atoms with van der Waals surface area (Å²) in [6.45, 7) is 8.86. The van der Waals surface area contributed by atoms with E-state index in [9.17, 15) is 4.79 Å². The van der Waals surface area contributed by atoms with Crippen molar-refractivity contribution in [2.75, 3.05) is 26.9 Å². The van der Waals surface area contributed by atoms with E-state index < -0.39 is 0 Å². The molecule has 2 fully saturated rings. The molecule has 0 radical (unpaired) electrons. The van der Waals surface area contributed by atoms with Gasteiger partial charge < -0.3 is 28.4 Å². The molecule has 2 aliphatic rings. The molecule has 0 spiro atoms. The first-order valence-corrected chi connectivity index (χ1v) is 15.4. The summed E-state index contributed by atoms with van der Waals surface area (Å²) < 4.78 is 35.1. The summed E-state index contributed by atoms with van der Waals surface area (Å²) in [5.41, 5.74) is 1.09. The number of benzene rings is 1. The van der Waals surface area contributed by atoms with Crippen LogP contribution in [0.25, 0.3) is 0 Å². The lowest BCUT2D eigenvalue weighted by molar-refractivity contribution is -0.209. The largest absolute Gasteiger partial charge is 0.497 e. The number of rotatable bonds is 18. The number of carbonyl (C=O) groups excluding carboxylic acids is 1. The predicted molar refractivity (Wildman–Crippen MR) is 156 cm³/mol. The van der Waals surface area contributed by atoms with E-state index in [0.717, 1.165) is 75.9 Å². The minimum Gasteiger partial charge on any atom is -0.497 e. The molecule has 1 aromatic rings. The third-order valence-corrected chi connectivity index (χ3v) is 7.78. The van der Waals surface area contributed by atoms with Crippen LogP contribution in [0.3, 0.4) is 0 Å². The highest BCUT2D eigenvalue weighted by Gasteiger charge is 2.25. The van der Waals surface area contributed by atoms with Crippen LogP contribution in [-0.2, 0) is 35.1 Å². The standard InChI is InChI=1S/C33H52O7/c1-25(11-14-27(3)39-32-9-5-7-21-37-32)12-17-29(34)18-13-26(2)31(40-33-10-6-8-22-38-33)24-36-23-28-15-19-30(35-4)20-16-28/h11,14-16,19-20,25-27,31-33H,5-10,12-13,17-18,21-24H2,1-4H3/b14-11+/t25-,26+,27-,31-,32?,33?/m1/s1. The Morgan fingerprint density at radius 3 is 2.17 bits per heavy atom. The molecule has 3 rings (SSSR count). The molecule has 0 N–H and O–H groups in total. The van der Waals surface area contributed by atoms with Gasteiger partial charge in [0.15, 0.2) is 12.6 Å². The molecule has 7 nitrogen and oxygen atoms in total. The summed E-state index contributed by atoms with van der Waals surface area (Å²) in [5.74, 6) is 1.64. The first kappa shape index (κ1) is 32.7. The maximum Gasteiger partial charge on any atom is 0.158 e. The number of Topliss-reactive ketones (excluding diaryl/α,β-unsaturated/α-hetero) is 1. The lowest BCUT2D eigenvalue weighted by Gasteiger charge is -2.31. The number of methoxy groups -OCH3 is 1. The third kappa shape index (κ3) is 12.8. The predicted octanol–water partition coefficient (Wildman–Crippen LogP) is 7.01. The normalized spacial score (nSPS) is 23.0. The molecular weight excluding hydrogens is 508 g/mol. The van der Waals surface area contributed by atoms with Crippen molar-refractivity contribution in [3.63, 3.8) is 0 Å². The Morgan fingerprint density at radius 1 is 0.900 bits per heavy atom. The number of hydrogen-bond donors (Lipinski definition) is 0. The van der Waals surface area contributed by atoms with Crippen molar-refractivity contribution in [1.82, 2.24) is 0 Å². The zero-order valence-electron chi connectivity index (χ0n) is 25.2. The fourth-order valence-corrected chi connectivity index (χ4v) is 5.00. The van der Waals surface area contributed by atoms with Crippen molar-refractivity contribution in [2.24, 2.45) is 11.8 Å². The Kier molecular flexibility index (Phi) is 15.2. The summed E-state index contributed by atoms with van der Waals surface area (Å²) in [7, 11) is 1.66. The van der Waals surface area contributed by atoms with E-state index in [2.05, 4.69) is 26.0 Å². The van der Waals surface area contributed by atoms with E-state index in [0.29, 0.717) is 37.8 Å². The monoisotopic (exact) mass is 560 g/mol. The van der Waals surface area contributed by atoms with Gasteiger partial charge in [-0.3, -0.25) is 4.79 Å². The molecule has 0 saturated carbocycles. The highest BCUT2D eigenvalue weighted by Crippen LogP contribution is 2.23. The van der Waals surface area contributed by atoms with Crippen LogP contribution >= 0.6 is 0 Å². The number of carbonyl (C=O) groups is 1. The van der Waals surface area contributed by atoms with E-state index >= 15 is 0 Å². The molecule has 2 heterocycles. The lowest BCUT2D eigenvalue weighted by atomic mass is 9.95. The van der Waals surface area contributed by atoms with Gasteiger partial charge in [-0.05, 0) is 87.8 Å². The van der Waals surface area contributed by atoms with E-state index in [-0.39, 0.29) is 30.7 Å². The van der Waals surface area contributed by atoms with Crippen molar-refractivity contribution in [3.8, 4) is 5.75 Å². The van der Waals surface area contributed by atoms with Crippen LogP contribution in [0.15, 0.2) is 36.4 Å². The molecule has 7 heteroatoms. The van der Waals surface area contributed by atoms with Gasteiger partial charge in [-0.1, -0.05) is 38.1 Å². The average molecular weight is 561 g/mol. The van der Waals surface area contributed by atoms with Gasteiger partial charge in [-0.2, -0.15) is 0 Å². The first-order chi connectivity index (χ1) is 19.4. The molecular formula is C33H52O7. The molecule has 2 aliphatic heterocycles. The van der Waals surface area contributed by atoms with Gasteiger partial charge in [0.2, 0.25) is 0 Å². The molecule has 0 bridgehead atoms. The number of ether oxygens (including phenoxy) is 6. The molecule has 0 aliphatic carbocycles. The van der Waals surface area contributed by atoms with Crippen LogP contribution in [0.4, 0.5) is 0 Å². The molecule has 0 amide bonds. The minimum atomic E-state index is -0.190. The fourth-order valence-electron chi connectivity index (χ4n) is 5.00. The van der Waals surface area contributed by atoms with Crippen LogP contribution in [0, 0.1) is 11.8 Å². The molecule has 2 saturated heterocycles. The first-order valence-electron chi connectivity index (χ1n) is 15.4. The third-order valence-electron chi connectivity index (χ3n) is 7.78.